The van der Waals surface area contributed by atoms with Crippen LogP contribution in [0.25, 0.3) is 0 Å². The second kappa shape index (κ2) is 7.21. The van der Waals surface area contributed by atoms with E-state index < -0.39 is 30.8 Å². The van der Waals surface area contributed by atoms with Gasteiger partial charge < -0.3 is 10.1 Å². The lowest BCUT2D eigenvalue weighted by atomic mass is 10.2. The SMILES string of the molecule is N#Cc1ccc(NC(=O)C2CCCN2C(=O)OCC(F)(F)F)cc1. The third kappa shape index (κ3) is 4.62. The first-order valence-corrected chi connectivity index (χ1v) is 7.11. The molecule has 1 aromatic rings. The fourth-order valence-electron chi connectivity index (χ4n) is 2.34. The van der Waals surface area contributed by atoms with Crippen LogP contribution in [0.5, 0.6) is 0 Å². The molecule has 1 heterocycles. The lowest BCUT2D eigenvalue weighted by molar-refractivity contribution is -0.162. The number of nitrogens with zero attached hydrogens (tertiary/aromatic N) is 2. The van der Waals surface area contributed by atoms with Gasteiger partial charge in [0.25, 0.3) is 0 Å². The topological polar surface area (TPSA) is 82.4 Å². The second-order valence-electron chi connectivity index (χ2n) is 5.20. The van der Waals surface area contributed by atoms with Crippen LogP contribution in [0.4, 0.5) is 23.7 Å². The van der Waals surface area contributed by atoms with Crippen molar-refractivity contribution in [1.29, 1.82) is 5.26 Å². The average Bonchev–Trinajstić information content (AvgIpc) is 3.02. The predicted octanol–water partition coefficient (Wildman–Crippen LogP) is 2.66. The van der Waals surface area contributed by atoms with E-state index in [-0.39, 0.29) is 6.54 Å². The highest BCUT2D eigenvalue weighted by Gasteiger charge is 2.37. The van der Waals surface area contributed by atoms with Gasteiger partial charge in [-0.2, -0.15) is 18.4 Å². The molecule has 0 aliphatic carbocycles. The summed E-state index contributed by atoms with van der Waals surface area (Å²) in [6, 6.07) is 7.13. The minimum Gasteiger partial charge on any atom is -0.440 e. The summed E-state index contributed by atoms with van der Waals surface area (Å²) in [6.45, 7) is -1.53. The number of likely N-dealkylation sites (tertiary alicyclic amines) is 1. The van der Waals surface area contributed by atoms with Crippen LogP contribution >= 0.6 is 0 Å². The number of hydrogen-bond donors (Lipinski definition) is 1. The van der Waals surface area contributed by atoms with Gasteiger partial charge in [0.2, 0.25) is 5.91 Å². The largest absolute Gasteiger partial charge is 0.440 e. The van der Waals surface area contributed by atoms with Crippen LogP contribution in [0.2, 0.25) is 0 Å². The van der Waals surface area contributed by atoms with E-state index in [9.17, 15) is 22.8 Å². The number of hydrogen-bond acceptors (Lipinski definition) is 4. The predicted molar refractivity (Wildman–Crippen MR) is 76.9 cm³/mol. The first-order valence-electron chi connectivity index (χ1n) is 7.11. The molecule has 1 aliphatic rings. The Morgan fingerprint density at radius 2 is 2.00 bits per heavy atom. The van der Waals surface area contributed by atoms with Crippen LogP contribution in [0.3, 0.4) is 0 Å². The number of carbonyl (C=O) groups excluding carboxylic acids is 2. The number of rotatable bonds is 3. The van der Waals surface area contributed by atoms with Gasteiger partial charge in [0, 0.05) is 12.2 Å². The normalized spacial score (nSPS) is 17.2. The van der Waals surface area contributed by atoms with Crippen molar-refractivity contribution in [3.05, 3.63) is 29.8 Å². The molecule has 0 bridgehead atoms. The first kappa shape index (κ1) is 17.6. The van der Waals surface area contributed by atoms with Crippen LogP contribution in [-0.2, 0) is 9.53 Å². The van der Waals surface area contributed by atoms with Crippen LogP contribution < -0.4 is 5.32 Å². The van der Waals surface area contributed by atoms with Gasteiger partial charge in [-0.1, -0.05) is 0 Å². The number of benzene rings is 1. The summed E-state index contributed by atoms with van der Waals surface area (Å²) < 4.78 is 40.5. The molecule has 1 fully saturated rings. The van der Waals surface area contributed by atoms with Crippen molar-refractivity contribution >= 4 is 17.7 Å². The summed E-state index contributed by atoms with van der Waals surface area (Å²) in [4.78, 5) is 25.0. The molecule has 1 aliphatic heterocycles. The Hall–Kier alpha value is -2.76. The van der Waals surface area contributed by atoms with E-state index in [2.05, 4.69) is 10.1 Å². The maximum Gasteiger partial charge on any atom is 0.422 e. The van der Waals surface area contributed by atoms with E-state index in [1.807, 2.05) is 6.07 Å². The summed E-state index contributed by atoms with van der Waals surface area (Å²) in [7, 11) is 0. The molecule has 1 unspecified atom stereocenters. The van der Waals surface area contributed by atoms with Crippen molar-refractivity contribution in [2.24, 2.45) is 0 Å². The van der Waals surface area contributed by atoms with Gasteiger partial charge in [0.15, 0.2) is 6.61 Å². The van der Waals surface area contributed by atoms with Crippen LogP contribution in [0, 0.1) is 11.3 Å². The molecule has 1 aromatic carbocycles. The highest BCUT2D eigenvalue weighted by Crippen LogP contribution is 2.22. The number of halogens is 3. The minimum atomic E-state index is -4.62. The van der Waals surface area contributed by atoms with Crippen molar-refractivity contribution in [2.45, 2.75) is 25.1 Å². The standard InChI is InChI=1S/C15H14F3N3O3/c16-15(17,18)9-24-14(23)21-7-1-2-12(21)13(22)20-11-5-3-10(8-19)4-6-11/h3-6,12H,1-2,7,9H2,(H,20,22). The lowest BCUT2D eigenvalue weighted by Crippen LogP contribution is -2.44. The van der Waals surface area contributed by atoms with Gasteiger partial charge in [-0.15, -0.1) is 0 Å². The van der Waals surface area contributed by atoms with E-state index in [1.54, 1.807) is 0 Å². The highest BCUT2D eigenvalue weighted by molar-refractivity contribution is 5.96. The van der Waals surface area contributed by atoms with E-state index in [0.717, 1.165) is 4.90 Å². The number of carbonyl (C=O) groups is 2. The third-order valence-electron chi connectivity index (χ3n) is 3.43. The molecule has 1 atom stereocenters. The van der Waals surface area contributed by atoms with E-state index in [0.29, 0.717) is 24.1 Å². The zero-order valence-electron chi connectivity index (χ0n) is 12.5. The molecular weight excluding hydrogens is 327 g/mol. The van der Waals surface area contributed by atoms with Gasteiger partial charge in [0.1, 0.15) is 6.04 Å². The third-order valence-corrected chi connectivity index (χ3v) is 3.43. The summed E-state index contributed by atoms with van der Waals surface area (Å²) >= 11 is 0. The Morgan fingerprint density at radius 1 is 1.33 bits per heavy atom. The van der Waals surface area contributed by atoms with E-state index in [1.165, 1.54) is 24.3 Å². The van der Waals surface area contributed by atoms with Crippen molar-refractivity contribution in [2.75, 3.05) is 18.5 Å². The smallest absolute Gasteiger partial charge is 0.422 e. The molecule has 2 amide bonds. The van der Waals surface area contributed by atoms with E-state index >= 15 is 0 Å². The van der Waals surface area contributed by atoms with Crippen LogP contribution in [0.15, 0.2) is 24.3 Å². The summed E-state index contributed by atoms with van der Waals surface area (Å²) in [5, 5.41) is 11.3. The van der Waals surface area contributed by atoms with Crippen LogP contribution in [-0.4, -0.2) is 42.3 Å². The molecule has 2 rings (SSSR count). The second-order valence-corrected chi connectivity index (χ2v) is 5.20. The zero-order valence-corrected chi connectivity index (χ0v) is 12.5. The fourth-order valence-corrected chi connectivity index (χ4v) is 2.34. The molecule has 1 N–H and O–H groups in total. The van der Waals surface area contributed by atoms with Gasteiger partial charge in [0.05, 0.1) is 11.6 Å². The maximum atomic E-state index is 12.2. The quantitative estimate of drug-likeness (QED) is 0.916. The molecule has 0 aromatic heterocycles. The number of ether oxygens (including phenoxy) is 1. The summed E-state index contributed by atoms with van der Waals surface area (Å²) in [6.07, 6.45) is -4.95. The Kier molecular flexibility index (Phi) is 5.28. The Balaban J connectivity index is 1.97. The minimum absolute atomic E-state index is 0.155. The summed E-state index contributed by atoms with van der Waals surface area (Å²) in [5.41, 5.74) is 0.848. The maximum absolute atomic E-state index is 12.2. The van der Waals surface area contributed by atoms with Crippen LogP contribution in [0.1, 0.15) is 18.4 Å². The fraction of sp³-hybridized carbons (Fsp3) is 0.400. The Bertz CT molecular complexity index is 653. The number of nitrogens with one attached hydrogen (secondary N) is 1. The molecule has 0 spiro atoms. The van der Waals surface area contributed by atoms with Gasteiger partial charge in [-0.05, 0) is 37.1 Å². The average molecular weight is 341 g/mol. The Morgan fingerprint density at radius 3 is 2.58 bits per heavy atom. The molecule has 24 heavy (non-hydrogen) atoms. The molecule has 0 radical (unpaired) electrons. The van der Waals surface area contributed by atoms with Gasteiger partial charge >= 0.3 is 12.3 Å². The molecule has 9 heteroatoms. The van der Waals surface area contributed by atoms with Crippen molar-refractivity contribution in [1.82, 2.24) is 4.90 Å². The Labute approximate surface area is 135 Å². The van der Waals surface area contributed by atoms with Gasteiger partial charge in [-0.3, -0.25) is 9.69 Å². The monoisotopic (exact) mass is 341 g/mol. The number of alkyl halides is 3. The molecule has 6 nitrogen and oxygen atoms in total. The van der Waals surface area contributed by atoms with E-state index in [4.69, 9.17) is 5.26 Å². The lowest BCUT2D eigenvalue weighted by Gasteiger charge is -2.23. The first-order chi connectivity index (χ1) is 11.3. The van der Waals surface area contributed by atoms with Gasteiger partial charge in [-0.25, -0.2) is 4.79 Å². The number of nitriles is 1. The summed E-state index contributed by atoms with van der Waals surface area (Å²) in [5.74, 6) is -0.513. The molecular formula is C15H14F3N3O3. The highest BCUT2D eigenvalue weighted by atomic mass is 19.4. The number of amides is 2. The zero-order chi connectivity index (χ0) is 17.7. The number of anilines is 1. The van der Waals surface area contributed by atoms with Crippen molar-refractivity contribution in [3.8, 4) is 6.07 Å². The molecule has 1 saturated heterocycles. The molecule has 0 saturated carbocycles. The van der Waals surface area contributed by atoms with Crippen molar-refractivity contribution in [3.63, 3.8) is 0 Å². The molecule has 128 valence electrons. The van der Waals surface area contributed by atoms with Crippen molar-refractivity contribution < 1.29 is 27.5 Å².